The molecule has 0 aliphatic rings. The summed E-state index contributed by atoms with van der Waals surface area (Å²) in [5.74, 6) is -1.78. The standard InChI is InChI=1S/C13H11ClF3NO3/c1-2-21-11(19)12(20,13(15,16)17)9-6-18-10-4-3-7(14)5-8(9)10/h3-6,18,20H,2H2,1H3/t12-/m1/s1. The summed E-state index contributed by atoms with van der Waals surface area (Å²) in [6.45, 7) is 1.06. The fourth-order valence-electron chi connectivity index (χ4n) is 2.01. The van der Waals surface area contributed by atoms with Crippen LogP contribution in [0.15, 0.2) is 24.4 Å². The lowest BCUT2D eigenvalue weighted by atomic mass is 9.92. The zero-order valence-corrected chi connectivity index (χ0v) is 11.5. The predicted octanol–water partition coefficient (Wildman–Crippen LogP) is 3.13. The van der Waals surface area contributed by atoms with Gasteiger partial charge in [0.25, 0.3) is 5.60 Å². The fourth-order valence-corrected chi connectivity index (χ4v) is 2.18. The molecule has 0 spiro atoms. The minimum atomic E-state index is -5.24. The quantitative estimate of drug-likeness (QED) is 0.854. The van der Waals surface area contributed by atoms with E-state index in [1.54, 1.807) is 0 Å². The average Bonchev–Trinajstić information content (AvgIpc) is 2.79. The second-order valence-corrected chi connectivity index (χ2v) is 4.76. The number of hydrogen-bond donors (Lipinski definition) is 2. The molecule has 0 aliphatic heterocycles. The molecule has 0 fully saturated rings. The van der Waals surface area contributed by atoms with Gasteiger partial charge in [0.15, 0.2) is 0 Å². The maximum absolute atomic E-state index is 13.3. The van der Waals surface area contributed by atoms with Gasteiger partial charge in [-0.3, -0.25) is 0 Å². The van der Waals surface area contributed by atoms with Crippen molar-refractivity contribution in [1.29, 1.82) is 0 Å². The van der Waals surface area contributed by atoms with Crippen LogP contribution in [0.2, 0.25) is 5.02 Å². The lowest BCUT2D eigenvalue weighted by molar-refractivity contribution is -0.267. The van der Waals surface area contributed by atoms with Gasteiger partial charge in [0.1, 0.15) is 0 Å². The second kappa shape index (κ2) is 5.23. The van der Waals surface area contributed by atoms with Crippen molar-refractivity contribution >= 4 is 28.5 Å². The Morgan fingerprint density at radius 2 is 2.10 bits per heavy atom. The zero-order chi connectivity index (χ0) is 15.8. The Morgan fingerprint density at radius 1 is 1.43 bits per heavy atom. The number of halogens is 4. The number of esters is 1. The summed E-state index contributed by atoms with van der Waals surface area (Å²) in [5, 5.41) is 10.2. The number of aromatic amines is 1. The first-order valence-electron chi connectivity index (χ1n) is 5.95. The number of nitrogens with one attached hydrogen (secondary N) is 1. The highest BCUT2D eigenvalue weighted by Gasteiger charge is 2.63. The van der Waals surface area contributed by atoms with Crippen molar-refractivity contribution in [1.82, 2.24) is 4.98 Å². The van der Waals surface area contributed by atoms with Gasteiger partial charge in [0, 0.05) is 27.7 Å². The van der Waals surface area contributed by atoms with Crippen LogP contribution in [-0.4, -0.2) is 28.8 Å². The molecule has 1 aromatic carbocycles. The van der Waals surface area contributed by atoms with Crippen LogP contribution in [0.25, 0.3) is 10.9 Å². The molecule has 8 heteroatoms. The molecule has 0 bridgehead atoms. The van der Waals surface area contributed by atoms with Crippen LogP contribution in [0, 0.1) is 0 Å². The lowest BCUT2D eigenvalue weighted by Crippen LogP contribution is -2.50. The number of hydrogen-bond acceptors (Lipinski definition) is 3. The van der Waals surface area contributed by atoms with E-state index < -0.39 is 23.3 Å². The van der Waals surface area contributed by atoms with E-state index >= 15 is 0 Å². The third kappa shape index (κ3) is 2.47. The highest BCUT2D eigenvalue weighted by atomic mass is 35.5. The van der Waals surface area contributed by atoms with Gasteiger partial charge in [0.2, 0.25) is 0 Å². The Balaban J connectivity index is 2.70. The van der Waals surface area contributed by atoms with Crippen molar-refractivity contribution in [3.05, 3.63) is 35.0 Å². The average molecular weight is 322 g/mol. The van der Waals surface area contributed by atoms with E-state index in [1.807, 2.05) is 0 Å². The second-order valence-electron chi connectivity index (χ2n) is 4.32. The van der Waals surface area contributed by atoms with Gasteiger partial charge >= 0.3 is 12.1 Å². The monoisotopic (exact) mass is 321 g/mol. The molecule has 0 amide bonds. The van der Waals surface area contributed by atoms with Crippen LogP contribution in [0.1, 0.15) is 12.5 Å². The summed E-state index contributed by atoms with van der Waals surface area (Å²) in [6, 6.07) is 4.16. The number of carbonyl (C=O) groups is 1. The summed E-state index contributed by atoms with van der Waals surface area (Å²) >= 11 is 5.76. The molecule has 0 saturated heterocycles. The van der Waals surface area contributed by atoms with Crippen molar-refractivity contribution in [3.63, 3.8) is 0 Å². The molecule has 0 aliphatic carbocycles. The van der Waals surface area contributed by atoms with E-state index in [1.165, 1.54) is 25.1 Å². The van der Waals surface area contributed by atoms with Gasteiger partial charge < -0.3 is 14.8 Å². The van der Waals surface area contributed by atoms with Gasteiger partial charge in [-0.15, -0.1) is 0 Å². The molecule has 21 heavy (non-hydrogen) atoms. The highest BCUT2D eigenvalue weighted by molar-refractivity contribution is 6.31. The molecule has 2 aromatic rings. The van der Waals surface area contributed by atoms with Crippen LogP contribution in [-0.2, 0) is 15.1 Å². The van der Waals surface area contributed by atoms with Crippen molar-refractivity contribution in [3.8, 4) is 0 Å². The fraction of sp³-hybridized carbons (Fsp3) is 0.308. The normalized spacial score (nSPS) is 15.0. The van der Waals surface area contributed by atoms with Crippen molar-refractivity contribution < 1.29 is 27.8 Å². The molecule has 1 aromatic heterocycles. The third-order valence-electron chi connectivity index (χ3n) is 3.01. The summed E-state index contributed by atoms with van der Waals surface area (Å²) in [6.07, 6.45) is -4.32. The van der Waals surface area contributed by atoms with E-state index in [0.29, 0.717) is 5.52 Å². The summed E-state index contributed by atoms with van der Waals surface area (Å²) in [4.78, 5) is 14.3. The van der Waals surface area contributed by atoms with Crippen LogP contribution in [0.4, 0.5) is 13.2 Å². The number of alkyl halides is 3. The predicted molar refractivity (Wildman–Crippen MR) is 69.9 cm³/mol. The van der Waals surface area contributed by atoms with Crippen LogP contribution in [0.3, 0.4) is 0 Å². The van der Waals surface area contributed by atoms with E-state index in [2.05, 4.69) is 9.72 Å². The maximum Gasteiger partial charge on any atom is 0.432 e. The number of carbonyl (C=O) groups excluding carboxylic acids is 1. The number of H-pyrrole nitrogens is 1. The number of aromatic nitrogens is 1. The Morgan fingerprint density at radius 3 is 2.67 bits per heavy atom. The zero-order valence-electron chi connectivity index (χ0n) is 10.8. The van der Waals surface area contributed by atoms with Crippen molar-refractivity contribution in [2.24, 2.45) is 0 Å². The van der Waals surface area contributed by atoms with Gasteiger partial charge in [-0.05, 0) is 25.1 Å². The van der Waals surface area contributed by atoms with Crippen molar-refractivity contribution in [2.45, 2.75) is 18.7 Å². The molecular formula is C13H11ClF3NO3. The molecular weight excluding hydrogens is 311 g/mol. The third-order valence-corrected chi connectivity index (χ3v) is 3.25. The minimum absolute atomic E-state index is 0.00428. The topological polar surface area (TPSA) is 62.3 Å². The molecule has 114 valence electrons. The number of benzene rings is 1. The minimum Gasteiger partial charge on any atom is -0.463 e. The van der Waals surface area contributed by atoms with E-state index in [-0.39, 0.29) is 17.0 Å². The smallest absolute Gasteiger partial charge is 0.432 e. The van der Waals surface area contributed by atoms with E-state index in [9.17, 15) is 23.1 Å². The molecule has 0 saturated carbocycles. The first-order valence-corrected chi connectivity index (χ1v) is 6.33. The summed E-state index contributed by atoms with van der Waals surface area (Å²) in [7, 11) is 0. The lowest BCUT2D eigenvalue weighted by Gasteiger charge is -2.27. The maximum atomic E-state index is 13.3. The van der Waals surface area contributed by atoms with Gasteiger partial charge in [0.05, 0.1) is 6.61 Å². The Hall–Kier alpha value is -1.73. The van der Waals surface area contributed by atoms with E-state index in [0.717, 1.165) is 6.20 Å². The largest absolute Gasteiger partial charge is 0.463 e. The van der Waals surface area contributed by atoms with Crippen LogP contribution >= 0.6 is 11.6 Å². The molecule has 0 unspecified atom stereocenters. The number of ether oxygens (including phenoxy) is 1. The molecule has 2 rings (SSSR count). The van der Waals surface area contributed by atoms with Crippen molar-refractivity contribution in [2.75, 3.05) is 6.61 Å². The molecule has 0 radical (unpaired) electrons. The Labute approximate surface area is 122 Å². The first kappa shape index (κ1) is 15.7. The van der Waals surface area contributed by atoms with Crippen LogP contribution in [0.5, 0.6) is 0 Å². The highest BCUT2D eigenvalue weighted by Crippen LogP contribution is 2.43. The van der Waals surface area contributed by atoms with Gasteiger partial charge in [-0.2, -0.15) is 13.2 Å². The molecule has 4 nitrogen and oxygen atoms in total. The Bertz CT molecular complexity index is 683. The summed E-state index contributed by atoms with van der Waals surface area (Å²) in [5.41, 5.74) is -4.10. The number of rotatable bonds is 3. The van der Waals surface area contributed by atoms with Gasteiger partial charge in [-0.1, -0.05) is 11.6 Å². The Kier molecular flexibility index (Phi) is 3.90. The van der Waals surface area contributed by atoms with E-state index in [4.69, 9.17) is 11.6 Å². The van der Waals surface area contributed by atoms with Gasteiger partial charge in [-0.25, -0.2) is 4.79 Å². The molecule has 1 heterocycles. The number of fused-ring (bicyclic) bond motifs is 1. The summed E-state index contributed by atoms with van der Waals surface area (Å²) < 4.78 is 44.2. The molecule has 1 atom stereocenters. The first-order chi connectivity index (χ1) is 9.71. The number of aliphatic hydroxyl groups is 1. The molecule has 2 N–H and O–H groups in total. The van der Waals surface area contributed by atoms with Crippen LogP contribution < -0.4 is 0 Å². The SMILES string of the molecule is CCOC(=O)[C@](O)(c1c[nH]c2ccc(Cl)cc12)C(F)(F)F.